The van der Waals surface area contributed by atoms with Gasteiger partial charge in [-0.1, -0.05) is 44.2 Å². The van der Waals surface area contributed by atoms with Gasteiger partial charge in [-0.15, -0.1) is 0 Å². The van der Waals surface area contributed by atoms with Gasteiger partial charge in [0.2, 0.25) is 0 Å². The summed E-state index contributed by atoms with van der Waals surface area (Å²) in [5.41, 5.74) is 1.33. The van der Waals surface area contributed by atoms with Crippen molar-refractivity contribution in [3.63, 3.8) is 0 Å². The summed E-state index contributed by atoms with van der Waals surface area (Å²) in [5, 5.41) is 11.1. The third-order valence-electron chi connectivity index (χ3n) is 4.42. The molecule has 2 unspecified atom stereocenters. The van der Waals surface area contributed by atoms with Crippen LogP contribution in [-0.4, -0.2) is 16.9 Å². The number of benzene rings is 2. The fourth-order valence-electron chi connectivity index (χ4n) is 3.05. The summed E-state index contributed by atoms with van der Waals surface area (Å²) in [4.78, 5) is 25.4. The summed E-state index contributed by atoms with van der Waals surface area (Å²) in [6.07, 6.45) is -0.611. The van der Waals surface area contributed by atoms with Gasteiger partial charge in [-0.2, -0.15) is 0 Å². The largest absolute Gasteiger partial charge is 0.478 e. The first-order valence-electron chi connectivity index (χ1n) is 8.23. The molecular weight excluding hydrogens is 320 g/mol. The van der Waals surface area contributed by atoms with E-state index in [2.05, 4.69) is 0 Å². The van der Waals surface area contributed by atoms with E-state index in [0.29, 0.717) is 11.4 Å². The van der Waals surface area contributed by atoms with E-state index in [1.54, 1.807) is 11.0 Å². The molecule has 0 spiro atoms. The van der Waals surface area contributed by atoms with Crippen LogP contribution in [0.5, 0.6) is 5.75 Å². The molecule has 6 nitrogen and oxygen atoms in total. The fraction of sp³-hybridized carbons (Fsp3) is 0.316. The van der Waals surface area contributed by atoms with E-state index in [0.717, 1.165) is 5.56 Å². The molecule has 0 saturated carbocycles. The lowest BCUT2D eigenvalue weighted by atomic mass is 9.99. The van der Waals surface area contributed by atoms with E-state index in [1.165, 1.54) is 12.1 Å². The van der Waals surface area contributed by atoms with Crippen LogP contribution >= 0.6 is 0 Å². The number of fused-ring (bicyclic) bond motifs is 1. The van der Waals surface area contributed by atoms with Gasteiger partial charge in [0.25, 0.3) is 11.6 Å². The molecule has 2 aromatic carbocycles. The van der Waals surface area contributed by atoms with Crippen LogP contribution in [0.4, 0.5) is 11.4 Å². The molecule has 1 heterocycles. The molecule has 1 aliphatic rings. The van der Waals surface area contributed by atoms with E-state index < -0.39 is 11.0 Å². The van der Waals surface area contributed by atoms with Crippen LogP contribution in [0.1, 0.15) is 32.4 Å². The lowest BCUT2D eigenvalue weighted by Crippen LogP contribution is -2.49. The van der Waals surface area contributed by atoms with Crippen molar-refractivity contribution < 1.29 is 14.5 Å². The Labute approximate surface area is 146 Å². The van der Waals surface area contributed by atoms with Gasteiger partial charge in [-0.3, -0.25) is 19.8 Å². The molecule has 25 heavy (non-hydrogen) atoms. The van der Waals surface area contributed by atoms with Gasteiger partial charge in [0.15, 0.2) is 6.10 Å². The van der Waals surface area contributed by atoms with Crippen molar-refractivity contribution in [1.82, 2.24) is 0 Å². The van der Waals surface area contributed by atoms with Gasteiger partial charge in [0, 0.05) is 12.1 Å². The van der Waals surface area contributed by atoms with E-state index in [-0.39, 0.29) is 23.6 Å². The molecule has 130 valence electrons. The number of hydrogen-bond donors (Lipinski definition) is 0. The maximum Gasteiger partial charge on any atom is 0.271 e. The maximum absolute atomic E-state index is 13.1. The minimum atomic E-state index is -0.611. The Morgan fingerprint density at radius 1 is 1.12 bits per heavy atom. The number of ether oxygens (including phenoxy) is 1. The predicted molar refractivity (Wildman–Crippen MR) is 94.7 cm³/mol. The highest BCUT2D eigenvalue weighted by molar-refractivity contribution is 6.01. The second kappa shape index (κ2) is 6.55. The number of carbonyl (C=O) groups is 1. The fourth-order valence-corrected chi connectivity index (χ4v) is 3.05. The van der Waals surface area contributed by atoms with Gasteiger partial charge in [0.1, 0.15) is 5.75 Å². The Morgan fingerprint density at radius 3 is 2.40 bits per heavy atom. The minimum absolute atomic E-state index is 0.0127. The van der Waals surface area contributed by atoms with Crippen molar-refractivity contribution in [3.8, 4) is 5.75 Å². The van der Waals surface area contributed by atoms with Crippen molar-refractivity contribution in [1.29, 1.82) is 0 Å². The monoisotopic (exact) mass is 340 g/mol. The number of rotatable bonds is 4. The lowest BCUT2D eigenvalue weighted by Gasteiger charge is -2.39. The van der Waals surface area contributed by atoms with Gasteiger partial charge >= 0.3 is 0 Å². The standard InChI is InChI=1S/C19H20N2O4/c1-12(2)18-19(22)20(13(3)14-7-5-4-6-8-14)16-11-15(21(23)24)9-10-17(16)25-18/h4-13,18H,1-3H3. The maximum atomic E-state index is 13.1. The normalized spacial score (nSPS) is 17.8. The summed E-state index contributed by atoms with van der Waals surface area (Å²) >= 11 is 0. The SMILES string of the molecule is CC(C)C1Oc2ccc([N+](=O)[O-])cc2N(C(C)c2ccccc2)C1=O. The number of hydrogen-bond acceptors (Lipinski definition) is 4. The Balaban J connectivity index is 2.12. The third-order valence-corrected chi connectivity index (χ3v) is 4.42. The lowest BCUT2D eigenvalue weighted by molar-refractivity contribution is -0.384. The summed E-state index contributed by atoms with van der Waals surface area (Å²) in [6.45, 7) is 5.76. The summed E-state index contributed by atoms with van der Waals surface area (Å²) in [7, 11) is 0. The van der Waals surface area contributed by atoms with Crippen LogP contribution in [-0.2, 0) is 4.79 Å². The Morgan fingerprint density at radius 2 is 1.80 bits per heavy atom. The van der Waals surface area contributed by atoms with Crippen molar-refractivity contribution in [2.45, 2.75) is 32.9 Å². The molecule has 2 atom stereocenters. The second-order valence-corrected chi connectivity index (χ2v) is 6.49. The van der Waals surface area contributed by atoms with Gasteiger partial charge in [-0.25, -0.2) is 0 Å². The van der Waals surface area contributed by atoms with Crippen LogP contribution in [0.15, 0.2) is 48.5 Å². The van der Waals surface area contributed by atoms with Crippen LogP contribution in [0.2, 0.25) is 0 Å². The number of non-ortho nitro benzene ring substituents is 1. The molecular formula is C19H20N2O4. The highest BCUT2D eigenvalue weighted by atomic mass is 16.6. The van der Waals surface area contributed by atoms with Crippen molar-refractivity contribution in [2.75, 3.05) is 4.90 Å². The number of nitro groups is 1. The quantitative estimate of drug-likeness (QED) is 0.620. The zero-order valence-corrected chi connectivity index (χ0v) is 14.4. The minimum Gasteiger partial charge on any atom is -0.478 e. The highest BCUT2D eigenvalue weighted by Crippen LogP contribution is 2.42. The number of carbonyl (C=O) groups excluding carboxylic acids is 1. The molecule has 0 fully saturated rings. The first-order chi connectivity index (χ1) is 11.9. The van der Waals surface area contributed by atoms with Crippen molar-refractivity contribution in [3.05, 3.63) is 64.2 Å². The molecule has 0 aromatic heterocycles. The average Bonchev–Trinajstić information content (AvgIpc) is 2.60. The van der Waals surface area contributed by atoms with Gasteiger partial charge < -0.3 is 4.74 Å². The van der Waals surface area contributed by atoms with E-state index in [9.17, 15) is 14.9 Å². The molecule has 3 rings (SSSR count). The first kappa shape index (κ1) is 17.0. The molecule has 0 radical (unpaired) electrons. The van der Waals surface area contributed by atoms with Crippen LogP contribution < -0.4 is 9.64 Å². The van der Waals surface area contributed by atoms with Crippen LogP contribution in [0.3, 0.4) is 0 Å². The smallest absolute Gasteiger partial charge is 0.271 e. The number of nitro benzene ring substituents is 1. The Bertz CT molecular complexity index is 804. The van der Waals surface area contributed by atoms with Gasteiger partial charge in [0.05, 0.1) is 16.7 Å². The van der Waals surface area contributed by atoms with Crippen molar-refractivity contribution in [2.24, 2.45) is 5.92 Å². The molecule has 0 bridgehead atoms. The zero-order valence-electron chi connectivity index (χ0n) is 14.4. The second-order valence-electron chi connectivity index (χ2n) is 6.49. The highest BCUT2D eigenvalue weighted by Gasteiger charge is 2.39. The summed E-state index contributed by atoms with van der Waals surface area (Å²) in [5.74, 6) is 0.298. The van der Waals surface area contributed by atoms with E-state index >= 15 is 0 Å². The van der Waals surface area contributed by atoms with Crippen LogP contribution in [0.25, 0.3) is 0 Å². The Hall–Kier alpha value is -2.89. The molecule has 0 saturated heterocycles. The number of anilines is 1. The molecule has 2 aromatic rings. The van der Waals surface area contributed by atoms with Gasteiger partial charge in [-0.05, 0) is 24.5 Å². The topological polar surface area (TPSA) is 72.7 Å². The van der Waals surface area contributed by atoms with Crippen LogP contribution in [0, 0.1) is 16.0 Å². The van der Waals surface area contributed by atoms with Crippen molar-refractivity contribution >= 4 is 17.3 Å². The number of amides is 1. The zero-order chi connectivity index (χ0) is 18.1. The predicted octanol–water partition coefficient (Wildman–Crippen LogP) is 4.11. The average molecular weight is 340 g/mol. The first-order valence-corrected chi connectivity index (χ1v) is 8.23. The summed E-state index contributed by atoms with van der Waals surface area (Å²) in [6, 6.07) is 13.7. The summed E-state index contributed by atoms with van der Waals surface area (Å²) < 4.78 is 5.84. The van der Waals surface area contributed by atoms with E-state index in [1.807, 2.05) is 51.1 Å². The molecule has 0 aliphatic carbocycles. The molecule has 1 aliphatic heterocycles. The van der Waals surface area contributed by atoms with E-state index in [4.69, 9.17) is 4.74 Å². The third kappa shape index (κ3) is 3.07. The molecule has 1 amide bonds. The molecule has 0 N–H and O–H groups in total. The Kier molecular flexibility index (Phi) is 4.44. The molecule has 6 heteroatoms. The number of nitrogens with zero attached hydrogens (tertiary/aromatic N) is 2.